The SMILES string of the molecule is CCC(CC)(c1ccc(O)c(C)c1)c1ccc(-c2ccc(C(=O)O)o2)c(C)c1. The first-order chi connectivity index (χ1) is 13.3. The summed E-state index contributed by atoms with van der Waals surface area (Å²) in [5.74, 6) is -0.266. The van der Waals surface area contributed by atoms with E-state index < -0.39 is 5.97 Å². The highest BCUT2D eigenvalue weighted by Crippen LogP contribution is 2.41. The van der Waals surface area contributed by atoms with Gasteiger partial charge in [0.2, 0.25) is 5.76 Å². The van der Waals surface area contributed by atoms with Gasteiger partial charge in [-0.2, -0.15) is 0 Å². The van der Waals surface area contributed by atoms with Gasteiger partial charge in [-0.3, -0.25) is 0 Å². The molecule has 4 heteroatoms. The summed E-state index contributed by atoms with van der Waals surface area (Å²) in [5, 5.41) is 19.0. The topological polar surface area (TPSA) is 70.7 Å². The first-order valence-corrected chi connectivity index (χ1v) is 9.57. The first-order valence-electron chi connectivity index (χ1n) is 9.57. The number of rotatable bonds is 6. The van der Waals surface area contributed by atoms with E-state index in [9.17, 15) is 9.90 Å². The Bertz CT molecular complexity index is 1010. The average molecular weight is 378 g/mol. The van der Waals surface area contributed by atoms with E-state index in [1.54, 1.807) is 12.1 Å². The van der Waals surface area contributed by atoms with E-state index in [4.69, 9.17) is 9.52 Å². The minimum Gasteiger partial charge on any atom is -0.508 e. The smallest absolute Gasteiger partial charge is 0.371 e. The largest absolute Gasteiger partial charge is 0.508 e. The number of carboxylic acid groups (broad SMARTS) is 1. The monoisotopic (exact) mass is 378 g/mol. The zero-order chi connectivity index (χ0) is 20.5. The molecule has 0 aliphatic carbocycles. The molecule has 0 saturated carbocycles. The third-order valence-corrected chi connectivity index (χ3v) is 5.82. The van der Waals surface area contributed by atoms with Crippen molar-refractivity contribution in [1.29, 1.82) is 0 Å². The highest BCUT2D eigenvalue weighted by molar-refractivity contribution is 5.85. The van der Waals surface area contributed by atoms with Gasteiger partial charge in [0, 0.05) is 11.0 Å². The predicted octanol–water partition coefficient (Wildman–Crippen LogP) is 6.07. The molecule has 2 N–H and O–H groups in total. The second-order valence-electron chi connectivity index (χ2n) is 7.29. The van der Waals surface area contributed by atoms with Gasteiger partial charge in [-0.1, -0.05) is 44.2 Å². The summed E-state index contributed by atoms with van der Waals surface area (Å²) >= 11 is 0. The third-order valence-electron chi connectivity index (χ3n) is 5.82. The van der Waals surface area contributed by atoms with E-state index in [0.29, 0.717) is 11.5 Å². The lowest BCUT2D eigenvalue weighted by Crippen LogP contribution is -2.26. The van der Waals surface area contributed by atoms with E-state index in [-0.39, 0.29) is 11.2 Å². The van der Waals surface area contributed by atoms with Crippen molar-refractivity contribution < 1.29 is 19.4 Å². The summed E-state index contributed by atoms with van der Waals surface area (Å²) in [5.41, 5.74) is 5.02. The van der Waals surface area contributed by atoms with Gasteiger partial charge < -0.3 is 14.6 Å². The number of benzene rings is 2. The second kappa shape index (κ2) is 7.55. The molecule has 28 heavy (non-hydrogen) atoms. The Kier molecular flexibility index (Phi) is 5.32. The van der Waals surface area contributed by atoms with Crippen molar-refractivity contribution in [2.24, 2.45) is 0 Å². The number of carboxylic acids is 1. The summed E-state index contributed by atoms with van der Waals surface area (Å²) in [6.45, 7) is 8.29. The molecular weight excluding hydrogens is 352 g/mol. The van der Waals surface area contributed by atoms with Crippen LogP contribution in [0, 0.1) is 13.8 Å². The fourth-order valence-corrected chi connectivity index (χ4v) is 4.02. The molecular formula is C24H26O4. The van der Waals surface area contributed by atoms with Gasteiger partial charge in [0.1, 0.15) is 11.5 Å². The summed E-state index contributed by atoms with van der Waals surface area (Å²) in [4.78, 5) is 11.1. The van der Waals surface area contributed by atoms with E-state index in [2.05, 4.69) is 32.0 Å². The van der Waals surface area contributed by atoms with Crippen molar-refractivity contribution in [3.8, 4) is 17.1 Å². The van der Waals surface area contributed by atoms with Crippen LogP contribution in [0.5, 0.6) is 5.75 Å². The predicted molar refractivity (Wildman–Crippen MR) is 110 cm³/mol. The lowest BCUT2D eigenvalue weighted by molar-refractivity contribution is 0.0663. The Labute approximate surface area is 165 Å². The van der Waals surface area contributed by atoms with Gasteiger partial charge in [0.25, 0.3) is 0 Å². The molecule has 0 fully saturated rings. The number of carbonyl (C=O) groups is 1. The lowest BCUT2D eigenvalue weighted by atomic mass is 9.70. The van der Waals surface area contributed by atoms with Crippen LogP contribution in [0.3, 0.4) is 0 Å². The van der Waals surface area contributed by atoms with Crippen LogP contribution < -0.4 is 0 Å². The van der Waals surface area contributed by atoms with Crippen molar-refractivity contribution in [3.63, 3.8) is 0 Å². The van der Waals surface area contributed by atoms with Crippen LogP contribution in [-0.2, 0) is 5.41 Å². The maximum absolute atomic E-state index is 11.1. The van der Waals surface area contributed by atoms with Crippen molar-refractivity contribution in [2.45, 2.75) is 46.0 Å². The van der Waals surface area contributed by atoms with Crippen molar-refractivity contribution in [3.05, 3.63) is 76.5 Å². The molecule has 1 heterocycles. The fraction of sp³-hybridized carbons (Fsp3) is 0.292. The standard InChI is InChI=1S/C24H26O4/c1-5-24(6-2,18-8-10-20(25)16(4)14-18)17-7-9-19(15(3)13-17)21-11-12-22(28-21)23(26)27/h7-14,25H,5-6H2,1-4H3,(H,26,27). The highest BCUT2D eigenvalue weighted by Gasteiger charge is 2.31. The minimum atomic E-state index is -1.07. The van der Waals surface area contributed by atoms with Crippen LogP contribution >= 0.6 is 0 Å². The molecule has 0 radical (unpaired) electrons. The average Bonchev–Trinajstić information content (AvgIpc) is 3.16. The molecule has 146 valence electrons. The van der Waals surface area contributed by atoms with Crippen LogP contribution in [0.4, 0.5) is 0 Å². The molecule has 0 bridgehead atoms. The molecule has 0 aliphatic rings. The molecule has 0 amide bonds. The van der Waals surface area contributed by atoms with Crippen LogP contribution in [0.25, 0.3) is 11.3 Å². The number of phenols is 1. The Balaban J connectivity index is 2.08. The Hall–Kier alpha value is -3.01. The first kappa shape index (κ1) is 19.7. The zero-order valence-electron chi connectivity index (χ0n) is 16.7. The number of hydrogen-bond donors (Lipinski definition) is 2. The Morgan fingerprint density at radius 1 is 0.929 bits per heavy atom. The number of hydrogen-bond acceptors (Lipinski definition) is 3. The second-order valence-corrected chi connectivity index (χ2v) is 7.29. The molecule has 1 aromatic heterocycles. The van der Waals surface area contributed by atoms with Gasteiger partial charge in [0.05, 0.1) is 0 Å². The molecule has 3 aromatic rings. The normalized spacial score (nSPS) is 11.6. The quantitative estimate of drug-likeness (QED) is 0.546. The third kappa shape index (κ3) is 3.31. The van der Waals surface area contributed by atoms with Crippen molar-refractivity contribution in [1.82, 2.24) is 0 Å². The maximum Gasteiger partial charge on any atom is 0.371 e. The molecule has 2 aromatic carbocycles. The Morgan fingerprint density at radius 2 is 1.54 bits per heavy atom. The fourth-order valence-electron chi connectivity index (χ4n) is 4.02. The van der Waals surface area contributed by atoms with E-state index >= 15 is 0 Å². The highest BCUT2D eigenvalue weighted by atomic mass is 16.4. The van der Waals surface area contributed by atoms with Gasteiger partial charge in [-0.05, 0) is 67.1 Å². The van der Waals surface area contributed by atoms with Gasteiger partial charge in [-0.15, -0.1) is 0 Å². The van der Waals surface area contributed by atoms with Crippen molar-refractivity contribution in [2.75, 3.05) is 0 Å². The van der Waals surface area contributed by atoms with Crippen LogP contribution in [0.15, 0.2) is 52.9 Å². The van der Waals surface area contributed by atoms with Crippen molar-refractivity contribution >= 4 is 5.97 Å². The molecule has 0 spiro atoms. The summed E-state index contributed by atoms with van der Waals surface area (Å²) < 4.78 is 5.48. The van der Waals surface area contributed by atoms with Crippen LogP contribution in [0.2, 0.25) is 0 Å². The van der Waals surface area contributed by atoms with E-state index in [0.717, 1.165) is 29.5 Å². The zero-order valence-corrected chi connectivity index (χ0v) is 16.7. The number of aromatic carboxylic acids is 1. The number of phenolic OH excluding ortho intramolecular Hbond substituents is 1. The summed E-state index contributed by atoms with van der Waals surface area (Å²) in [6.07, 6.45) is 1.85. The van der Waals surface area contributed by atoms with Crippen LogP contribution in [0.1, 0.15) is 59.5 Å². The number of aromatic hydroxyl groups is 1. The van der Waals surface area contributed by atoms with Gasteiger partial charge in [0.15, 0.2) is 0 Å². The van der Waals surface area contributed by atoms with Gasteiger partial charge in [-0.25, -0.2) is 4.79 Å². The minimum absolute atomic E-state index is 0.0606. The molecule has 0 atom stereocenters. The molecule has 0 unspecified atom stereocenters. The molecule has 0 saturated heterocycles. The van der Waals surface area contributed by atoms with E-state index in [1.165, 1.54) is 17.2 Å². The van der Waals surface area contributed by atoms with Crippen LogP contribution in [-0.4, -0.2) is 16.2 Å². The molecule has 3 rings (SSSR count). The van der Waals surface area contributed by atoms with E-state index in [1.807, 2.05) is 26.0 Å². The number of furan rings is 1. The van der Waals surface area contributed by atoms with Gasteiger partial charge >= 0.3 is 5.97 Å². The Morgan fingerprint density at radius 3 is 2.04 bits per heavy atom. The summed E-state index contributed by atoms with van der Waals surface area (Å²) in [6, 6.07) is 15.3. The molecule has 0 aliphatic heterocycles. The molecule has 4 nitrogen and oxygen atoms in total. The lowest BCUT2D eigenvalue weighted by Gasteiger charge is -2.34. The number of aryl methyl sites for hydroxylation is 2. The summed E-state index contributed by atoms with van der Waals surface area (Å²) in [7, 11) is 0. The maximum atomic E-state index is 11.1.